The first kappa shape index (κ1) is 29.2. The Kier molecular flexibility index (Phi) is 47.6. The summed E-state index contributed by atoms with van der Waals surface area (Å²) in [6, 6.07) is 0. The van der Waals surface area contributed by atoms with E-state index in [1.807, 2.05) is 27.9 Å². The molecule has 0 aliphatic carbocycles. The normalized spacial score (nSPS) is 6.50. The van der Waals surface area contributed by atoms with Gasteiger partial charge in [-0.1, -0.05) is 27.4 Å². The van der Waals surface area contributed by atoms with Gasteiger partial charge in [0.05, 0.1) is 12.8 Å². The quantitative estimate of drug-likeness (QED) is 0.519. The summed E-state index contributed by atoms with van der Waals surface area (Å²) in [5.41, 5.74) is 0.942. The zero-order chi connectivity index (χ0) is 9.28. The summed E-state index contributed by atoms with van der Waals surface area (Å²) >= 11 is 0. The van der Waals surface area contributed by atoms with Gasteiger partial charge in [-0.15, -0.1) is 0 Å². The van der Waals surface area contributed by atoms with Crippen molar-refractivity contribution in [2.45, 2.75) is 36.1 Å². The summed E-state index contributed by atoms with van der Waals surface area (Å²) < 4.78 is 0. The molecule has 92 valence electrons. The maximum Gasteiger partial charge on any atom is 0.106 e. The van der Waals surface area contributed by atoms with Crippen molar-refractivity contribution in [3.8, 4) is 0 Å². The molecule has 14 heavy (non-hydrogen) atoms. The minimum Gasteiger partial charge on any atom is -0.399 e. The van der Waals surface area contributed by atoms with E-state index in [1.165, 1.54) is 7.11 Å². The lowest BCUT2D eigenvalue weighted by Crippen LogP contribution is -2.07. The second-order valence-electron chi connectivity index (χ2n) is 2.22. The molecular formula is C10H30N2O2. The molecule has 0 atom stereocenters. The third kappa shape index (κ3) is 63.8. The Hall–Kier alpha value is -0.610. The van der Waals surface area contributed by atoms with Crippen molar-refractivity contribution >= 4 is 5.71 Å². The number of nitrogens with zero attached hydrogens (tertiary/aromatic N) is 2. The molecule has 0 amide bonds. The van der Waals surface area contributed by atoms with Gasteiger partial charge in [-0.25, -0.2) is 0 Å². The molecule has 0 aliphatic heterocycles. The largest absolute Gasteiger partial charge is 0.399 e. The predicted octanol–water partition coefficient (Wildman–Crippen LogP) is 3.05. The van der Waals surface area contributed by atoms with Crippen LogP contribution in [0.1, 0.15) is 36.1 Å². The van der Waals surface area contributed by atoms with Gasteiger partial charge in [0.15, 0.2) is 0 Å². The van der Waals surface area contributed by atoms with Gasteiger partial charge in [0, 0.05) is 14.1 Å². The number of oxime groups is 1. The van der Waals surface area contributed by atoms with Crippen LogP contribution in [0.4, 0.5) is 0 Å². The molecule has 0 aromatic rings. The molecule has 4 heteroatoms. The van der Waals surface area contributed by atoms with Crippen molar-refractivity contribution in [2.24, 2.45) is 5.16 Å². The molecule has 4 nitrogen and oxygen atoms in total. The average molecular weight is 210 g/mol. The van der Waals surface area contributed by atoms with Crippen LogP contribution in [0.25, 0.3) is 0 Å². The van der Waals surface area contributed by atoms with E-state index in [2.05, 4.69) is 14.8 Å². The van der Waals surface area contributed by atoms with E-state index < -0.39 is 0 Å². The second kappa shape index (κ2) is 22.8. The Morgan fingerprint density at radius 1 is 1.00 bits per heavy atom. The van der Waals surface area contributed by atoms with Crippen LogP contribution in [0.5, 0.6) is 0 Å². The Morgan fingerprint density at radius 3 is 1.29 bits per heavy atom. The van der Waals surface area contributed by atoms with E-state index in [9.17, 15) is 0 Å². The first-order valence-corrected chi connectivity index (χ1v) is 3.30. The lowest BCUT2D eigenvalue weighted by molar-refractivity contribution is -0.0855. The lowest BCUT2D eigenvalue weighted by Gasteiger charge is -2.01. The van der Waals surface area contributed by atoms with Gasteiger partial charge in [0.25, 0.3) is 0 Å². The number of rotatable bonds is 2. The van der Waals surface area contributed by atoms with Crippen LogP contribution in [0.15, 0.2) is 5.16 Å². The number of hydroxylamine groups is 2. The van der Waals surface area contributed by atoms with Crippen LogP contribution in [0.3, 0.4) is 0 Å². The summed E-state index contributed by atoms with van der Waals surface area (Å²) in [6.45, 7) is 3.76. The van der Waals surface area contributed by atoms with E-state index in [-0.39, 0.29) is 22.3 Å². The fourth-order valence-electron chi connectivity index (χ4n) is 0.183. The highest BCUT2D eigenvalue weighted by atomic mass is 16.7. The monoisotopic (exact) mass is 210 g/mol. The molecule has 0 aromatic heterocycles. The third-order valence-electron chi connectivity index (χ3n) is 0.639. The van der Waals surface area contributed by atoms with Crippen molar-refractivity contribution in [3.05, 3.63) is 0 Å². The topological polar surface area (TPSA) is 34.1 Å². The van der Waals surface area contributed by atoms with E-state index in [1.54, 1.807) is 12.2 Å². The highest BCUT2D eigenvalue weighted by Crippen LogP contribution is 1.71. The maximum atomic E-state index is 4.58. The molecule has 0 spiro atoms. The van der Waals surface area contributed by atoms with Crippen molar-refractivity contribution in [3.63, 3.8) is 0 Å². The molecule has 0 aliphatic rings. The SMILES string of the molecule is C.C.C.CON(C)C.CON=C(C)C. The van der Waals surface area contributed by atoms with Gasteiger partial charge in [-0.2, -0.15) is 5.06 Å². The first-order chi connectivity index (χ1) is 5.04. The van der Waals surface area contributed by atoms with Crippen LogP contribution in [-0.4, -0.2) is 39.1 Å². The Morgan fingerprint density at radius 2 is 1.29 bits per heavy atom. The zero-order valence-electron chi connectivity index (χ0n) is 8.21. The summed E-state index contributed by atoms with van der Waals surface area (Å²) in [4.78, 5) is 8.97. The molecule has 0 saturated heterocycles. The van der Waals surface area contributed by atoms with Crippen molar-refractivity contribution < 1.29 is 9.68 Å². The average Bonchev–Trinajstić information content (AvgIpc) is 1.89. The van der Waals surface area contributed by atoms with E-state index in [4.69, 9.17) is 0 Å². The molecule has 0 N–H and O–H groups in total. The van der Waals surface area contributed by atoms with Gasteiger partial charge in [-0.3, -0.25) is 0 Å². The minimum atomic E-state index is 0. The molecule has 0 saturated carbocycles. The molecule has 0 fully saturated rings. The molecular weight excluding hydrogens is 180 g/mol. The third-order valence-corrected chi connectivity index (χ3v) is 0.639. The van der Waals surface area contributed by atoms with Gasteiger partial charge < -0.3 is 9.68 Å². The number of hydrogen-bond acceptors (Lipinski definition) is 4. The summed E-state index contributed by atoms with van der Waals surface area (Å²) in [7, 11) is 6.83. The van der Waals surface area contributed by atoms with Crippen molar-refractivity contribution in [2.75, 3.05) is 28.3 Å². The lowest BCUT2D eigenvalue weighted by atomic mass is 10.5. The summed E-state index contributed by atoms with van der Waals surface area (Å²) in [5.74, 6) is 0. The van der Waals surface area contributed by atoms with Gasteiger partial charge in [0.2, 0.25) is 0 Å². The standard InChI is InChI=1S/C4H9NO.C3H9NO.3CH4/c1-4(2)5-6-3;1-4(2)5-3;;;/h1-3H3;1-3H3;3*1H4. The van der Waals surface area contributed by atoms with Crippen molar-refractivity contribution in [1.82, 2.24) is 5.06 Å². The Balaban J connectivity index is -0.0000000321. The van der Waals surface area contributed by atoms with Crippen LogP contribution >= 0.6 is 0 Å². The summed E-state index contributed by atoms with van der Waals surface area (Å²) in [6.07, 6.45) is 0. The van der Waals surface area contributed by atoms with E-state index in [0.717, 1.165) is 5.71 Å². The van der Waals surface area contributed by atoms with Crippen LogP contribution < -0.4 is 0 Å². The highest BCUT2D eigenvalue weighted by Gasteiger charge is 1.71. The molecule has 0 aromatic carbocycles. The predicted molar refractivity (Wildman–Crippen MR) is 66.7 cm³/mol. The van der Waals surface area contributed by atoms with E-state index >= 15 is 0 Å². The summed E-state index contributed by atoms with van der Waals surface area (Å²) in [5, 5.41) is 5.17. The van der Waals surface area contributed by atoms with Gasteiger partial charge >= 0.3 is 0 Å². The maximum absolute atomic E-state index is 4.58. The highest BCUT2D eigenvalue weighted by molar-refractivity contribution is 5.78. The fraction of sp³-hybridized carbons (Fsp3) is 0.900. The molecule has 0 heterocycles. The Bertz CT molecular complexity index is 100. The van der Waals surface area contributed by atoms with E-state index in [0.29, 0.717) is 0 Å². The minimum absolute atomic E-state index is 0. The van der Waals surface area contributed by atoms with Gasteiger partial charge in [0.1, 0.15) is 7.11 Å². The molecule has 0 rings (SSSR count). The van der Waals surface area contributed by atoms with Crippen LogP contribution in [0, 0.1) is 0 Å². The number of hydrogen-bond donors (Lipinski definition) is 0. The van der Waals surface area contributed by atoms with Crippen LogP contribution in [-0.2, 0) is 9.68 Å². The Labute approximate surface area is 90.8 Å². The second-order valence-corrected chi connectivity index (χ2v) is 2.22. The zero-order valence-corrected chi connectivity index (χ0v) is 8.21. The first-order valence-electron chi connectivity index (χ1n) is 3.30. The molecule has 0 radical (unpaired) electrons. The molecule has 0 bridgehead atoms. The smallest absolute Gasteiger partial charge is 0.106 e. The van der Waals surface area contributed by atoms with Crippen LogP contribution in [0.2, 0.25) is 0 Å². The van der Waals surface area contributed by atoms with Crippen molar-refractivity contribution in [1.29, 1.82) is 0 Å². The molecule has 0 unspecified atom stereocenters. The van der Waals surface area contributed by atoms with Gasteiger partial charge in [-0.05, 0) is 13.8 Å². The fourth-order valence-corrected chi connectivity index (χ4v) is 0.183.